The Morgan fingerprint density at radius 1 is 1.03 bits per heavy atom. The fourth-order valence-electron chi connectivity index (χ4n) is 4.85. The molecule has 0 aliphatic heterocycles. The molecule has 0 fully saturated rings. The molecule has 1 atom stereocenters. The number of H-pyrrole nitrogens is 1. The van der Waals surface area contributed by atoms with Gasteiger partial charge in [-0.15, -0.1) is 0 Å². The molecule has 5 rings (SSSR count). The minimum Gasteiger partial charge on any atom is -0.497 e. The van der Waals surface area contributed by atoms with Crippen LogP contribution in [-0.4, -0.2) is 53.9 Å². The largest absolute Gasteiger partial charge is 0.497 e. The molecule has 200 valence electrons. The van der Waals surface area contributed by atoms with E-state index in [1.807, 2.05) is 65.5 Å². The molecule has 0 saturated carbocycles. The number of aromatic amines is 1. The van der Waals surface area contributed by atoms with Crippen molar-refractivity contribution in [3.8, 4) is 11.5 Å². The number of methoxy groups -OCH3 is 2. The molecule has 39 heavy (non-hydrogen) atoms. The highest BCUT2D eigenvalue weighted by molar-refractivity contribution is 6.07. The number of benzene rings is 3. The Hall–Kier alpha value is -4.33. The number of aliphatic hydroxyl groups is 1. The summed E-state index contributed by atoms with van der Waals surface area (Å²) in [6, 6.07) is 21.1. The normalized spacial score (nSPS) is 12.4. The number of nitrogens with zero attached hydrogens (tertiary/aromatic N) is 1. The standard InChI is InChI=1S/C32H33N3O4/c1-38-26-10-7-22(8-11-26)32(37)14-9-24-20-35(31-6-4-3-5-28(24)31)21-25(36)19-33-16-15-23-18-34-30-13-12-27(39-2)17-29(23)30/h3-14,17-18,20,25,33-34,36H,15-16,19,21H2,1-2H3/b14-9+/t25-/m1/s1. The number of ketones is 1. The Morgan fingerprint density at radius 3 is 2.59 bits per heavy atom. The van der Waals surface area contributed by atoms with Gasteiger partial charge in [0.1, 0.15) is 11.5 Å². The summed E-state index contributed by atoms with van der Waals surface area (Å²) in [5, 5.41) is 16.4. The molecule has 0 amide bonds. The summed E-state index contributed by atoms with van der Waals surface area (Å²) in [5.74, 6) is 1.47. The third-order valence-electron chi connectivity index (χ3n) is 6.94. The van der Waals surface area contributed by atoms with E-state index in [2.05, 4.69) is 10.3 Å². The summed E-state index contributed by atoms with van der Waals surface area (Å²) in [6.07, 6.45) is 7.72. The number of allylic oxidation sites excluding steroid dienone is 1. The van der Waals surface area contributed by atoms with Crippen molar-refractivity contribution < 1.29 is 19.4 Å². The van der Waals surface area contributed by atoms with Crippen molar-refractivity contribution in [3.05, 3.63) is 102 Å². The van der Waals surface area contributed by atoms with E-state index in [4.69, 9.17) is 9.47 Å². The number of rotatable bonds is 12. The molecule has 0 bridgehead atoms. The molecule has 3 N–H and O–H groups in total. The Bertz CT molecular complexity index is 1600. The van der Waals surface area contributed by atoms with Gasteiger partial charge in [-0.25, -0.2) is 0 Å². The summed E-state index contributed by atoms with van der Waals surface area (Å²) in [7, 11) is 3.27. The number of hydrogen-bond donors (Lipinski definition) is 3. The van der Waals surface area contributed by atoms with E-state index in [-0.39, 0.29) is 5.78 Å². The van der Waals surface area contributed by atoms with Crippen LogP contribution in [0.15, 0.2) is 85.2 Å². The smallest absolute Gasteiger partial charge is 0.185 e. The number of carbonyl (C=O) groups is 1. The van der Waals surface area contributed by atoms with E-state index in [1.54, 1.807) is 44.6 Å². The predicted octanol–water partition coefficient (Wildman–Crippen LogP) is 5.23. The lowest BCUT2D eigenvalue weighted by atomic mass is 10.1. The molecule has 0 aliphatic rings. The van der Waals surface area contributed by atoms with E-state index in [1.165, 1.54) is 5.56 Å². The SMILES string of the molecule is COc1ccc(C(=O)/C=C/c2cn(C[C@H](O)CNCCc3c[nH]c4ccc(OC)cc34)c3ccccc23)cc1. The van der Waals surface area contributed by atoms with Gasteiger partial charge in [-0.2, -0.15) is 0 Å². The highest BCUT2D eigenvalue weighted by Crippen LogP contribution is 2.25. The van der Waals surface area contributed by atoms with Gasteiger partial charge in [0.05, 0.1) is 20.3 Å². The predicted molar refractivity (Wildman–Crippen MR) is 156 cm³/mol. The summed E-state index contributed by atoms with van der Waals surface area (Å²) < 4.78 is 12.6. The van der Waals surface area contributed by atoms with Crippen LogP contribution >= 0.6 is 0 Å². The van der Waals surface area contributed by atoms with Crippen LogP contribution in [-0.2, 0) is 13.0 Å². The number of nitrogens with one attached hydrogen (secondary N) is 2. The summed E-state index contributed by atoms with van der Waals surface area (Å²) in [6.45, 7) is 1.66. The minimum absolute atomic E-state index is 0.0765. The van der Waals surface area contributed by atoms with E-state index in [9.17, 15) is 9.90 Å². The molecule has 7 nitrogen and oxygen atoms in total. The summed E-state index contributed by atoms with van der Waals surface area (Å²) in [5.41, 5.74) is 4.84. The van der Waals surface area contributed by atoms with Crippen molar-refractivity contribution in [2.45, 2.75) is 19.1 Å². The maximum Gasteiger partial charge on any atom is 0.185 e. The molecule has 2 aromatic heterocycles. The quantitative estimate of drug-likeness (QED) is 0.118. The minimum atomic E-state index is -0.568. The maximum atomic E-state index is 12.7. The van der Waals surface area contributed by atoms with Crippen LogP contribution in [0.2, 0.25) is 0 Å². The second-order valence-corrected chi connectivity index (χ2v) is 9.51. The van der Waals surface area contributed by atoms with Crippen LogP contribution in [0, 0.1) is 0 Å². The van der Waals surface area contributed by atoms with Gasteiger partial charge in [0.2, 0.25) is 0 Å². The van der Waals surface area contributed by atoms with Gasteiger partial charge in [-0.3, -0.25) is 4.79 Å². The Balaban J connectivity index is 1.20. The van der Waals surface area contributed by atoms with Crippen LogP contribution in [0.5, 0.6) is 11.5 Å². The molecule has 3 aromatic carbocycles. The first-order valence-corrected chi connectivity index (χ1v) is 13.0. The average Bonchev–Trinajstić information content (AvgIpc) is 3.54. The first kappa shape index (κ1) is 26.3. The number of hydrogen-bond acceptors (Lipinski definition) is 5. The van der Waals surface area contributed by atoms with E-state index in [0.29, 0.717) is 24.4 Å². The van der Waals surface area contributed by atoms with Gasteiger partial charge >= 0.3 is 0 Å². The molecule has 0 spiro atoms. The molecule has 5 aromatic rings. The number of carbonyl (C=O) groups excluding carboxylic acids is 1. The number of aromatic nitrogens is 2. The lowest BCUT2D eigenvalue weighted by Gasteiger charge is -2.14. The summed E-state index contributed by atoms with van der Waals surface area (Å²) >= 11 is 0. The van der Waals surface area contributed by atoms with Gasteiger partial charge in [-0.05, 0) is 79.2 Å². The molecule has 7 heteroatoms. The Kier molecular flexibility index (Phi) is 8.10. The summed E-state index contributed by atoms with van der Waals surface area (Å²) in [4.78, 5) is 16.0. The van der Waals surface area contributed by atoms with Crippen LogP contribution in [0.25, 0.3) is 27.9 Å². The monoisotopic (exact) mass is 523 g/mol. The van der Waals surface area contributed by atoms with Crippen LogP contribution in [0.1, 0.15) is 21.5 Å². The second kappa shape index (κ2) is 12.0. The zero-order valence-corrected chi connectivity index (χ0v) is 22.2. The van der Waals surface area contributed by atoms with Crippen molar-refractivity contribution in [2.75, 3.05) is 27.3 Å². The van der Waals surface area contributed by atoms with Crippen molar-refractivity contribution in [3.63, 3.8) is 0 Å². The highest BCUT2D eigenvalue weighted by Gasteiger charge is 2.12. The molecule has 0 unspecified atom stereocenters. The number of para-hydroxylation sites is 1. The van der Waals surface area contributed by atoms with E-state index >= 15 is 0 Å². The van der Waals surface area contributed by atoms with Crippen molar-refractivity contribution in [1.29, 1.82) is 0 Å². The van der Waals surface area contributed by atoms with E-state index in [0.717, 1.165) is 46.1 Å². The van der Waals surface area contributed by atoms with Crippen molar-refractivity contribution >= 4 is 33.7 Å². The fraction of sp³-hybridized carbons (Fsp3) is 0.219. The fourth-order valence-corrected chi connectivity index (χ4v) is 4.85. The molecule has 0 saturated heterocycles. The maximum absolute atomic E-state index is 12.7. The zero-order chi connectivity index (χ0) is 27.2. The van der Waals surface area contributed by atoms with Crippen molar-refractivity contribution in [1.82, 2.24) is 14.9 Å². The zero-order valence-electron chi connectivity index (χ0n) is 22.2. The Morgan fingerprint density at radius 2 is 1.79 bits per heavy atom. The van der Waals surface area contributed by atoms with Gasteiger partial charge < -0.3 is 29.4 Å². The van der Waals surface area contributed by atoms with Crippen LogP contribution in [0.4, 0.5) is 0 Å². The molecule has 2 heterocycles. The van der Waals surface area contributed by atoms with Crippen LogP contribution < -0.4 is 14.8 Å². The third-order valence-corrected chi connectivity index (χ3v) is 6.94. The van der Waals surface area contributed by atoms with Crippen LogP contribution in [0.3, 0.4) is 0 Å². The molecule has 0 aliphatic carbocycles. The van der Waals surface area contributed by atoms with Crippen molar-refractivity contribution in [2.24, 2.45) is 0 Å². The highest BCUT2D eigenvalue weighted by atomic mass is 16.5. The third kappa shape index (κ3) is 6.06. The van der Waals surface area contributed by atoms with Gasteiger partial charge in [0.15, 0.2) is 5.78 Å². The van der Waals surface area contributed by atoms with Gasteiger partial charge in [0, 0.05) is 58.4 Å². The number of aliphatic hydroxyl groups excluding tert-OH is 1. The average molecular weight is 524 g/mol. The second-order valence-electron chi connectivity index (χ2n) is 9.51. The number of ether oxygens (including phenoxy) is 2. The lowest BCUT2D eigenvalue weighted by Crippen LogP contribution is -2.31. The molecule has 0 radical (unpaired) electrons. The molecular weight excluding hydrogens is 490 g/mol. The lowest BCUT2D eigenvalue weighted by molar-refractivity contribution is 0.104. The first-order chi connectivity index (χ1) is 19.1. The molecular formula is C32H33N3O4. The van der Waals surface area contributed by atoms with E-state index < -0.39 is 6.10 Å². The van der Waals surface area contributed by atoms with Gasteiger partial charge in [0.25, 0.3) is 0 Å². The Labute approximate surface area is 227 Å². The van der Waals surface area contributed by atoms with Gasteiger partial charge in [-0.1, -0.05) is 18.2 Å². The first-order valence-electron chi connectivity index (χ1n) is 13.0. The number of fused-ring (bicyclic) bond motifs is 2. The topological polar surface area (TPSA) is 88.5 Å².